The van der Waals surface area contributed by atoms with Crippen molar-refractivity contribution in [2.75, 3.05) is 11.1 Å². The fraction of sp³-hybridized carbons (Fsp3) is 0.167. The van der Waals surface area contributed by atoms with Crippen molar-refractivity contribution < 1.29 is 4.79 Å². The molecule has 1 aliphatic rings. The molecule has 0 unspecified atom stereocenters. The summed E-state index contributed by atoms with van der Waals surface area (Å²) < 4.78 is 1.59. The van der Waals surface area contributed by atoms with Gasteiger partial charge in [0.05, 0.1) is 28.1 Å². The summed E-state index contributed by atoms with van der Waals surface area (Å²) in [4.78, 5) is 33.0. The highest BCUT2D eigenvalue weighted by atomic mass is 35.5. The van der Waals surface area contributed by atoms with E-state index in [0.717, 1.165) is 29.7 Å². The Morgan fingerprint density at radius 1 is 1.24 bits per heavy atom. The first kappa shape index (κ1) is 21.7. The average Bonchev–Trinajstić information content (AvgIpc) is 3.39. The van der Waals surface area contributed by atoms with E-state index < -0.39 is 0 Å². The number of carbonyl (C=O) groups is 1. The molecule has 2 aromatic carbocycles. The van der Waals surface area contributed by atoms with Gasteiger partial charge in [0, 0.05) is 9.90 Å². The number of hydrogen-bond donors (Lipinski definition) is 1. The first-order chi connectivity index (χ1) is 16.0. The standard InChI is InChI=1S/C24H17ClN4O2S2/c25-15-10-9-14(12-26)18(11-15)27-20(30)13-32-24-28-22-21(17-7-4-8-19(17)33-22)23(31)29(24)16-5-2-1-3-6-16/h1-3,5-6,9-11H,4,7-8,13H2,(H,27,30). The van der Waals surface area contributed by atoms with Crippen molar-refractivity contribution >= 4 is 56.5 Å². The molecule has 4 aromatic rings. The maximum Gasteiger partial charge on any atom is 0.267 e. The Bertz CT molecular complexity index is 1490. The number of hydrogen-bond acceptors (Lipinski definition) is 6. The second-order valence-corrected chi connectivity index (χ2v) is 10.0. The van der Waals surface area contributed by atoms with Crippen molar-refractivity contribution in [1.29, 1.82) is 5.26 Å². The van der Waals surface area contributed by atoms with E-state index in [2.05, 4.69) is 5.32 Å². The maximum absolute atomic E-state index is 13.6. The molecule has 2 aromatic heterocycles. The molecular weight excluding hydrogens is 476 g/mol. The minimum atomic E-state index is -0.318. The number of halogens is 1. The van der Waals surface area contributed by atoms with E-state index in [1.54, 1.807) is 34.1 Å². The van der Waals surface area contributed by atoms with Gasteiger partial charge in [0.15, 0.2) is 5.16 Å². The topological polar surface area (TPSA) is 87.8 Å². The number of rotatable bonds is 5. The lowest BCUT2D eigenvalue weighted by atomic mass is 10.2. The van der Waals surface area contributed by atoms with Crippen molar-refractivity contribution in [3.63, 3.8) is 0 Å². The Hall–Kier alpha value is -3.12. The molecule has 164 valence electrons. The predicted molar refractivity (Wildman–Crippen MR) is 133 cm³/mol. The number of nitrogens with zero attached hydrogens (tertiary/aromatic N) is 3. The van der Waals surface area contributed by atoms with Gasteiger partial charge in [-0.05, 0) is 55.2 Å². The van der Waals surface area contributed by atoms with E-state index in [1.807, 2.05) is 36.4 Å². The Kier molecular flexibility index (Phi) is 5.94. The van der Waals surface area contributed by atoms with Gasteiger partial charge in [0.1, 0.15) is 10.9 Å². The highest BCUT2D eigenvalue weighted by molar-refractivity contribution is 7.99. The van der Waals surface area contributed by atoms with Crippen LogP contribution in [0.1, 0.15) is 22.4 Å². The summed E-state index contributed by atoms with van der Waals surface area (Å²) >= 11 is 8.77. The molecule has 2 heterocycles. The number of aryl methyl sites for hydroxylation is 2. The molecule has 9 heteroatoms. The molecule has 0 saturated heterocycles. The van der Waals surface area contributed by atoms with Crippen LogP contribution in [0.5, 0.6) is 0 Å². The molecule has 5 rings (SSSR count). The van der Waals surface area contributed by atoms with E-state index in [0.29, 0.717) is 32.5 Å². The summed E-state index contributed by atoms with van der Waals surface area (Å²) in [5.41, 5.74) is 2.41. The van der Waals surface area contributed by atoms with E-state index in [4.69, 9.17) is 16.6 Å². The summed E-state index contributed by atoms with van der Waals surface area (Å²) in [7, 11) is 0. The Morgan fingerprint density at radius 3 is 2.85 bits per heavy atom. The summed E-state index contributed by atoms with van der Waals surface area (Å²) in [5, 5.41) is 13.6. The SMILES string of the molecule is N#Cc1ccc(Cl)cc1NC(=O)CSc1nc2sc3c(c2c(=O)n1-c1ccccc1)CCC3. The number of thioether (sulfide) groups is 1. The van der Waals surface area contributed by atoms with E-state index in [9.17, 15) is 14.9 Å². The Balaban J connectivity index is 1.49. The lowest BCUT2D eigenvalue weighted by molar-refractivity contribution is -0.113. The number of para-hydroxylation sites is 1. The molecule has 0 atom stereocenters. The van der Waals surface area contributed by atoms with Gasteiger partial charge >= 0.3 is 0 Å². The number of nitriles is 1. The van der Waals surface area contributed by atoms with Gasteiger partial charge in [-0.15, -0.1) is 11.3 Å². The van der Waals surface area contributed by atoms with Crippen LogP contribution in [-0.4, -0.2) is 21.2 Å². The van der Waals surface area contributed by atoms with Crippen LogP contribution in [0.3, 0.4) is 0 Å². The number of fused-ring (bicyclic) bond motifs is 3. The Morgan fingerprint density at radius 2 is 2.06 bits per heavy atom. The zero-order valence-corrected chi connectivity index (χ0v) is 19.7. The molecular formula is C24H17ClN4O2S2. The van der Waals surface area contributed by atoms with Gasteiger partial charge in [0.2, 0.25) is 5.91 Å². The van der Waals surface area contributed by atoms with E-state index in [-0.39, 0.29) is 17.2 Å². The van der Waals surface area contributed by atoms with E-state index in [1.165, 1.54) is 16.6 Å². The van der Waals surface area contributed by atoms with Crippen LogP contribution in [0.4, 0.5) is 5.69 Å². The van der Waals surface area contributed by atoms with Crippen molar-refractivity contribution in [3.8, 4) is 11.8 Å². The van der Waals surface area contributed by atoms with Crippen LogP contribution in [-0.2, 0) is 17.6 Å². The molecule has 0 bridgehead atoms. The van der Waals surface area contributed by atoms with E-state index >= 15 is 0 Å². The molecule has 6 nitrogen and oxygen atoms in total. The fourth-order valence-corrected chi connectivity index (χ4v) is 6.25. The monoisotopic (exact) mass is 492 g/mol. The second kappa shape index (κ2) is 9.02. The number of aromatic nitrogens is 2. The minimum absolute atomic E-state index is 0.0211. The van der Waals surface area contributed by atoms with Gasteiger partial charge in [-0.2, -0.15) is 5.26 Å². The number of carbonyl (C=O) groups excluding carboxylic acids is 1. The van der Waals surface area contributed by atoms with Gasteiger partial charge in [-0.1, -0.05) is 41.6 Å². The van der Waals surface area contributed by atoms with Crippen molar-refractivity contribution in [2.24, 2.45) is 0 Å². The molecule has 1 aliphatic carbocycles. The number of thiophene rings is 1. The fourth-order valence-electron chi connectivity index (χ4n) is 3.96. The largest absolute Gasteiger partial charge is 0.324 e. The first-order valence-corrected chi connectivity index (χ1v) is 12.5. The molecule has 1 N–H and O–H groups in total. The molecule has 0 spiro atoms. The highest BCUT2D eigenvalue weighted by Crippen LogP contribution is 2.36. The third kappa shape index (κ3) is 4.15. The molecule has 1 amide bonds. The lowest BCUT2D eigenvalue weighted by Crippen LogP contribution is -2.23. The van der Waals surface area contributed by atoms with Crippen molar-refractivity contribution in [2.45, 2.75) is 24.4 Å². The zero-order valence-electron chi connectivity index (χ0n) is 17.3. The predicted octanol–water partition coefficient (Wildman–Crippen LogP) is 5.19. The smallest absolute Gasteiger partial charge is 0.267 e. The van der Waals surface area contributed by atoms with Gasteiger partial charge in [-0.25, -0.2) is 4.98 Å². The lowest BCUT2D eigenvalue weighted by Gasteiger charge is -2.13. The quantitative estimate of drug-likeness (QED) is 0.306. The number of nitrogens with one attached hydrogen (secondary N) is 1. The Labute approximate surface area is 202 Å². The van der Waals surface area contributed by atoms with Crippen molar-refractivity contribution in [3.05, 3.63) is 79.9 Å². The van der Waals surface area contributed by atoms with Crippen LogP contribution in [0.15, 0.2) is 58.5 Å². The first-order valence-electron chi connectivity index (χ1n) is 10.3. The molecule has 0 saturated carbocycles. The second-order valence-electron chi connectivity index (χ2n) is 7.55. The third-order valence-electron chi connectivity index (χ3n) is 5.43. The summed E-state index contributed by atoms with van der Waals surface area (Å²) in [6.45, 7) is 0. The van der Waals surface area contributed by atoms with Gasteiger partial charge in [-0.3, -0.25) is 14.2 Å². The van der Waals surface area contributed by atoms with Crippen LogP contribution in [0, 0.1) is 11.3 Å². The van der Waals surface area contributed by atoms with Crippen LogP contribution in [0.25, 0.3) is 15.9 Å². The number of anilines is 1. The average molecular weight is 493 g/mol. The zero-order chi connectivity index (χ0) is 22.9. The van der Waals surface area contributed by atoms with Crippen LogP contribution >= 0.6 is 34.7 Å². The van der Waals surface area contributed by atoms with Crippen molar-refractivity contribution in [1.82, 2.24) is 9.55 Å². The maximum atomic E-state index is 13.6. The highest BCUT2D eigenvalue weighted by Gasteiger charge is 2.24. The van der Waals surface area contributed by atoms with Crippen LogP contribution < -0.4 is 10.9 Å². The summed E-state index contributed by atoms with van der Waals surface area (Å²) in [6, 6.07) is 16.1. The molecule has 33 heavy (non-hydrogen) atoms. The molecule has 0 fully saturated rings. The van der Waals surface area contributed by atoms with Crippen LogP contribution in [0.2, 0.25) is 5.02 Å². The number of benzene rings is 2. The number of amides is 1. The normalized spacial score (nSPS) is 12.5. The summed E-state index contributed by atoms with van der Waals surface area (Å²) in [5.74, 6) is -0.297. The molecule has 0 aliphatic heterocycles. The van der Waals surface area contributed by atoms with Gasteiger partial charge < -0.3 is 5.32 Å². The summed E-state index contributed by atoms with van der Waals surface area (Å²) in [6.07, 6.45) is 2.94. The molecule has 0 radical (unpaired) electrons. The minimum Gasteiger partial charge on any atom is -0.324 e. The third-order valence-corrected chi connectivity index (χ3v) is 7.79. The van der Waals surface area contributed by atoms with Gasteiger partial charge in [0.25, 0.3) is 5.56 Å².